The Morgan fingerprint density at radius 2 is 1.70 bits per heavy atom. The van der Waals surface area contributed by atoms with Gasteiger partial charge in [0.25, 0.3) is 0 Å². The standard InChI is InChI=1S/C32H43N3O.ClH/c1-23-9-8-12-25(19-23)29(20-32(36)34-27-17-15-26(33)16-18-27)30-22-35(31-14-7-6-13-28(30)31)21-24-10-4-2-3-5-11-24;/h6-9,12-14,19,22,24,26-27,29H,2-5,10-11,15-18,20-21,33H2,1H3,(H,34,36);1H. The van der Waals surface area contributed by atoms with Crippen molar-refractivity contribution >= 4 is 29.2 Å². The van der Waals surface area contributed by atoms with E-state index in [2.05, 4.69) is 71.5 Å². The molecule has 4 nitrogen and oxygen atoms in total. The van der Waals surface area contributed by atoms with E-state index in [1.807, 2.05) is 0 Å². The van der Waals surface area contributed by atoms with Crippen molar-refractivity contribution in [2.75, 3.05) is 0 Å². The summed E-state index contributed by atoms with van der Waals surface area (Å²) in [5, 5.41) is 4.64. The number of aromatic nitrogens is 1. The summed E-state index contributed by atoms with van der Waals surface area (Å²) < 4.78 is 2.49. The molecule has 2 aliphatic rings. The number of hydrogen-bond donors (Lipinski definition) is 2. The van der Waals surface area contributed by atoms with Gasteiger partial charge in [-0.2, -0.15) is 0 Å². The van der Waals surface area contributed by atoms with E-state index in [0.29, 0.717) is 6.42 Å². The van der Waals surface area contributed by atoms with Gasteiger partial charge in [-0.3, -0.25) is 4.79 Å². The van der Waals surface area contributed by atoms with E-state index < -0.39 is 0 Å². The number of para-hydroxylation sites is 1. The number of carbonyl (C=O) groups is 1. The maximum atomic E-state index is 13.4. The highest BCUT2D eigenvalue weighted by Crippen LogP contribution is 2.36. The van der Waals surface area contributed by atoms with E-state index >= 15 is 0 Å². The minimum Gasteiger partial charge on any atom is -0.353 e. The molecule has 2 aromatic carbocycles. The van der Waals surface area contributed by atoms with Crippen molar-refractivity contribution < 1.29 is 4.79 Å². The fraction of sp³-hybridized carbons (Fsp3) is 0.531. The highest BCUT2D eigenvalue weighted by atomic mass is 35.5. The number of aryl methyl sites for hydroxylation is 1. The Morgan fingerprint density at radius 3 is 2.43 bits per heavy atom. The molecular weight excluding hydrogens is 478 g/mol. The van der Waals surface area contributed by atoms with Crippen molar-refractivity contribution in [1.82, 2.24) is 9.88 Å². The van der Waals surface area contributed by atoms with Crippen LogP contribution < -0.4 is 11.1 Å². The summed E-state index contributed by atoms with van der Waals surface area (Å²) in [6, 6.07) is 18.1. The molecule has 2 fully saturated rings. The average molecular weight is 522 g/mol. The predicted octanol–water partition coefficient (Wildman–Crippen LogP) is 7.25. The Hall–Kier alpha value is -2.30. The van der Waals surface area contributed by atoms with Gasteiger partial charge in [-0.15, -0.1) is 12.4 Å². The molecule has 0 aliphatic heterocycles. The summed E-state index contributed by atoms with van der Waals surface area (Å²) in [7, 11) is 0. The van der Waals surface area contributed by atoms with E-state index in [0.717, 1.165) is 38.1 Å². The van der Waals surface area contributed by atoms with Crippen LogP contribution in [-0.4, -0.2) is 22.6 Å². The Kier molecular flexibility index (Phi) is 9.72. The minimum atomic E-state index is 0. The maximum absolute atomic E-state index is 13.4. The molecule has 1 amide bonds. The monoisotopic (exact) mass is 521 g/mol. The third-order valence-electron chi connectivity index (χ3n) is 8.60. The average Bonchev–Trinajstić information content (AvgIpc) is 3.04. The lowest BCUT2D eigenvalue weighted by Gasteiger charge is -2.27. The lowest BCUT2D eigenvalue weighted by atomic mass is 9.86. The van der Waals surface area contributed by atoms with Gasteiger partial charge in [0.15, 0.2) is 0 Å². The van der Waals surface area contributed by atoms with Crippen LogP contribution >= 0.6 is 12.4 Å². The van der Waals surface area contributed by atoms with Gasteiger partial charge in [0.05, 0.1) is 0 Å². The first-order valence-electron chi connectivity index (χ1n) is 14.3. The van der Waals surface area contributed by atoms with E-state index in [1.54, 1.807) is 0 Å². The van der Waals surface area contributed by atoms with Crippen LogP contribution in [0.4, 0.5) is 0 Å². The van der Waals surface area contributed by atoms with Gasteiger partial charge in [-0.1, -0.05) is 73.7 Å². The highest BCUT2D eigenvalue weighted by Gasteiger charge is 2.26. The molecule has 1 unspecified atom stereocenters. The van der Waals surface area contributed by atoms with Crippen LogP contribution in [0.5, 0.6) is 0 Å². The van der Waals surface area contributed by atoms with Crippen molar-refractivity contribution in [2.24, 2.45) is 11.7 Å². The molecule has 2 aliphatic carbocycles. The molecular formula is C32H44ClN3O. The van der Waals surface area contributed by atoms with Gasteiger partial charge >= 0.3 is 0 Å². The summed E-state index contributed by atoms with van der Waals surface area (Å²) in [5.41, 5.74) is 11.1. The van der Waals surface area contributed by atoms with E-state index in [4.69, 9.17) is 5.73 Å². The molecule has 37 heavy (non-hydrogen) atoms. The minimum absolute atomic E-state index is 0. The van der Waals surface area contributed by atoms with Crippen LogP contribution in [0, 0.1) is 12.8 Å². The molecule has 0 spiro atoms. The maximum Gasteiger partial charge on any atom is 0.221 e. The van der Waals surface area contributed by atoms with Gasteiger partial charge < -0.3 is 15.6 Å². The number of nitrogens with two attached hydrogens (primary N) is 1. The molecule has 1 atom stereocenters. The number of nitrogens with one attached hydrogen (secondary N) is 1. The molecule has 5 rings (SSSR count). The molecule has 5 heteroatoms. The molecule has 0 bridgehead atoms. The predicted molar refractivity (Wildman–Crippen MR) is 156 cm³/mol. The fourth-order valence-electron chi connectivity index (χ4n) is 6.56. The van der Waals surface area contributed by atoms with E-state index in [9.17, 15) is 4.79 Å². The van der Waals surface area contributed by atoms with Crippen LogP contribution in [0.3, 0.4) is 0 Å². The van der Waals surface area contributed by atoms with Gasteiger partial charge in [0.1, 0.15) is 0 Å². The van der Waals surface area contributed by atoms with Gasteiger partial charge in [0.2, 0.25) is 5.91 Å². The number of rotatable bonds is 7. The number of hydrogen-bond acceptors (Lipinski definition) is 2. The Bertz CT molecular complexity index is 1160. The smallest absolute Gasteiger partial charge is 0.221 e. The highest BCUT2D eigenvalue weighted by molar-refractivity contribution is 5.87. The Labute approximate surface area is 228 Å². The number of amides is 1. The van der Waals surface area contributed by atoms with E-state index in [1.165, 1.54) is 66.1 Å². The summed E-state index contributed by atoms with van der Waals surface area (Å²) in [6.45, 7) is 3.22. The van der Waals surface area contributed by atoms with Gasteiger partial charge in [-0.25, -0.2) is 0 Å². The molecule has 0 radical (unpaired) electrons. The van der Waals surface area contributed by atoms with Crippen LogP contribution in [0.1, 0.15) is 93.2 Å². The number of fused-ring (bicyclic) bond motifs is 1. The molecule has 1 heterocycles. The Morgan fingerprint density at radius 1 is 0.973 bits per heavy atom. The quantitative estimate of drug-likeness (QED) is 0.321. The second-order valence-electron chi connectivity index (χ2n) is 11.5. The molecule has 3 N–H and O–H groups in total. The molecule has 0 saturated heterocycles. The number of carbonyl (C=O) groups excluding carboxylic acids is 1. The zero-order valence-corrected chi connectivity index (χ0v) is 23.1. The lowest BCUT2D eigenvalue weighted by molar-refractivity contribution is -0.122. The summed E-state index contributed by atoms with van der Waals surface area (Å²) in [4.78, 5) is 13.4. The normalized spacial score (nSPS) is 21.7. The first-order chi connectivity index (χ1) is 17.6. The molecule has 1 aromatic heterocycles. The first-order valence-corrected chi connectivity index (χ1v) is 14.3. The van der Waals surface area contributed by atoms with Crippen LogP contribution in [0.2, 0.25) is 0 Å². The van der Waals surface area contributed by atoms with Gasteiger partial charge in [0, 0.05) is 48.1 Å². The molecule has 2 saturated carbocycles. The summed E-state index contributed by atoms with van der Waals surface area (Å²) >= 11 is 0. The second-order valence-corrected chi connectivity index (χ2v) is 11.5. The van der Waals surface area contributed by atoms with Crippen molar-refractivity contribution in [3.63, 3.8) is 0 Å². The molecule has 3 aromatic rings. The Balaban J connectivity index is 0.00000320. The summed E-state index contributed by atoms with van der Waals surface area (Å²) in [6.07, 6.45) is 15.0. The number of halogens is 1. The van der Waals surface area contributed by atoms with E-state index in [-0.39, 0.29) is 36.3 Å². The number of benzene rings is 2. The first kappa shape index (κ1) is 27.7. The van der Waals surface area contributed by atoms with Crippen molar-refractivity contribution in [3.8, 4) is 0 Å². The van der Waals surface area contributed by atoms with Gasteiger partial charge in [-0.05, 0) is 68.6 Å². The van der Waals surface area contributed by atoms with Crippen molar-refractivity contribution in [1.29, 1.82) is 0 Å². The second kappa shape index (κ2) is 13.0. The topological polar surface area (TPSA) is 60.1 Å². The zero-order chi connectivity index (χ0) is 24.9. The number of nitrogens with zero attached hydrogens (tertiary/aromatic N) is 1. The van der Waals surface area contributed by atoms with Crippen LogP contribution in [-0.2, 0) is 11.3 Å². The van der Waals surface area contributed by atoms with Crippen LogP contribution in [0.25, 0.3) is 10.9 Å². The zero-order valence-electron chi connectivity index (χ0n) is 22.3. The third kappa shape index (κ3) is 6.97. The lowest BCUT2D eigenvalue weighted by Crippen LogP contribution is -2.40. The SMILES string of the molecule is Cc1cccc(C(CC(=O)NC2CCC(N)CC2)c2cn(CC3CCCCCC3)c3ccccc23)c1.Cl. The third-order valence-corrected chi connectivity index (χ3v) is 8.60. The molecule has 200 valence electrons. The van der Waals surface area contributed by atoms with Crippen molar-refractivity contribution in [2.45, 2.75) is 102 Å². The fourth-order valence-corrected chi connectivity index (χ4v) is 6.56. The van der Waals surface area contributed by atoms with Crippen molar-refractivity contribution in [3.05, 3.63) is 71.4 Å². The largest absolute Gasteiger partial charge is 0.353 e. The summed E-state index contributed by atoms with van der Waals surface area (Å²) in [5.74, 6) is 0.938. The van der Waals surface area contributed by atoms with Crippen LogP contribution in [0.15, 0.2) is 54.7 Å².